The monoisotopic (exact) mass is 299 g/mol. The highest BCUT2D eigenvalue weighted by Crippen LogP contribution is 2.09. The summed E-state index contributed by atoms with van der Waals surface area (Å²) in [5.74, 6) is -0.198. The van der Waals surface area contributed by atoms with Crippen LogP contribution in [-0.2, 0) is 21.2 Å². The number of rotatable bonds is 7. The van der Waals surface area contributed by atoms with E-state index in [9.17, 15) is 13.2 Å². The molecule has 0 aliphatic carbocycles. The Morgan fingerprint density at radius 2 is 1.90 bits per heavy atom. The molecule has 1 unspecified atom stereocenters. The van der Waals surface area contributed by atoms with Crippen molar-refractivity contribution < 1.29 is 13.2 Å². The Morgan fingerprint density at radius 3 is 2.35 bits per heavy atom. The molecule has 0 aliphatic heterocycles. The molecular formula is C13H21N3O3S. The first-order valence-corrected chi connectivity index (χ1v) is 8.02. The predicted octanol–water partition coefficient (Wildman–Crippen LogP) is -0.0224. The second-order valence-corrected chi connectivity index (χ2v) is 6.13. The zero-order valence-electron chi connectivity index (χ0n) is 11.5. The largest absolute Gasteiger partial charge is 0.355 e. The van der Waals surface area contributed by atoms with E-state index in [0.29, 0.717) is 25.9 Å². The van der Waals surface area contributed by atoms with E-state index in [1.807, 2.05) is 6.92 Å². The molecule has 0 radical (unpaired) electrons. The minimum Gasteiger partial charge on any atom is -0.355 e. The van der Waals surface area contributed by atoms with Gasteiger partial charge in [0.25, 0.3) is 0 Å². The van der Waals surface area contributed by atoms with Gasteiger partial charge >= 0.3 is 0 Å². The fraction of sp³-hybridized carbons (Fsp3) is 0.462. The maximum atomic E-state index is 11.7. The van der Waals surface area contributed by atoms with E-state index in [4.69, 9.17) is 10.9 Å². The third kappa shape index (κ3) is 4.92. The van der Waals surface area contributed by atoms with E-state index in [1.54, 1.807) is 12.1 Å². The fourth-order valence-electron chi connectivity index (χ4n) is 1.78. The summed E-state index contributed by atoms with van der Waals surface area (Å²) in [7, 11) is -3.66. The van der Waals surface area contributed by atoms with Gasteiger partial charge in [-0.3, -0.25) is 4.79 Å². The summed E-state index contributed by atoms with van der Waals surface area (Å²) in [4.78, 5) is 11.8. The summed E-state index contributed by atoms with van der Waals surface area (Å²) in [6, 6.07) is 6.29. The number of nitrogens with two attached hydrogens (primary N) is 2. The average Bonchev–Trinajstić information content (AvgIpc) is 2.39. The molecule has 1 aromatic carbocycles. The minimum absolute atomic E-state index is 0.0452. The van der Waals surface area contributed by atoms with Crippen LogP contribution < -0.4 is 16.2 Å². The van der Waals surface area contributed by atoms with Gasteiger partial charge in [0.15, 0.2) is 0 Å². The van der Waals surface area contributed by atoms with Gasteiger partial charge in [-0.1, -0.05) is 19.1 Å². The van der Waals surface area contributed by atoms with E-state index in [-0.39, 0.29) is 16.7 Å². The first-order chi connectivity index (χ1) is 9.38. The van der Waals surface area contributed by atoms with E-state index in [0.717, 1.165) is 5.56 Å². The molecule has 0 aliphatic rings. The van der Waals surface area contributed by atoms with Crippen molar-refractivity contribution in [3.8, 4) is 0 Å². The topological polar surface area (TPSA) is 115 Å². The van der Waals surface area contributed by atoms with Crippen molar-refractivity contribution in [3.05, 3.63) is 29.8 Å². The molecule has 0 fully saturated rings. The van der Waals surface area contributed by atoms with Crippen molar-refractivity contribution in [2.45, 2.75) is 24.7 Å². The normalized spacial score (nSPS) is 12.9. The molecule has 1 aromatic rings. The lowest BCUT2D eigenvalue weighted by molar-refractivity contribution is -0.124. The molecule has 0 bridgehead atoms. The van der Waals surface area contributed by atoms with Crippen LogP contribution in [0.4, 0.5) is 0 Å². The summed E-state index contributed by atoms with van der Waals surface area (Å²) >= 11 is 0. The number of carbonyl (C=O) groups is 1. The van der Waals surface area contributed by atoms with E-state index >= 15 is 0 Å². The minimum atomic E-state index is -3.66. The quantitative estimate of drug-likeness (QED) is 0.656. The number of carbonyl (C=O) groups excluding carboxylic acids is 1. The van der Waals surface area contributed by atoms with Gasteiger partial charge in [0.05, 0.1) is 4.90 Å². The van der Waals surface area contributed by atoms with Gasteiger partial charge in [0, 0.05) is 19.0 Å². The van der Waals surface area contributed by atoms with Crippen LogP contribution in [0.2, 0.25) is 0 Å². The molecule has 1 atom stereocenters. The van der Waals surface area contributed by atoms with Gasteiger partial charge in [-0.15, -0.1) is 0 Å². The predicted molar refractivity (Wildman–Crippen MR) is 77.4 cm³/mol. The Balaban J connectivity index is 2.49. The molecule has 6 nitrogen and oxygen atoms in total. The van der Waals surface area contributed by atoms with Crippen LogP contribution in [0.15, 0.2) is 29.2 Å². The fourth-order valence-corrected chi connectivity index (χ4v) is 2.29. The standard InChI is InChI=1S/C13H21N3O3S/c1-2-11(9-14)13(17)16-8-7-10-3-5-12(6-4-10)20(15,18)19/h3-6,11H,2,7-9,14H2,1H3,(H,16,17)(H2,15,18,19). The van der Waals surface area contributed by atoms with Gasteiger partial charge in [-0.05, 0) is 30.5 Å². The Morgan fingerprint density at radius 1 is 1.30 bits per heavy atom. The van der Waals surface area contributed by atoms with Crippen LogP contribution in [0.3, 0.4) is 0 Å². The van der Waals surface area contributed by atoms with Crippen molar-refractivity contribution in [1.82, 2.24) is 5.32 Å². The summed E-state index contributed by atoms with van der Waals surface area (Å²) in [6.45, 7) is 2.75. The van der Waals surface area contributed by atoms with Crippen molar-refractivity contribution >= 4 is 15.9 Å². The summed E-state index contributed by atoms with van der Waals surface area (Å²) in [5, 5.41) is 7.83. The van der Waals surface area contributed by atoms with Crippen LogP contribution in [-0.4, -0.2) is 27.4 Å². The highest BCUT2D eigenvalue weighted by atomic mass is 32.2. The molecule has 1 amide bonds. The number of primary sulfonamides is 1. The maximum absolute atomic E-state index is 11.7. The van der Waals surface area contributed by atoms with E-state index in [1.165, 1.54) is 12.1 Å². The van der Waals surface area contributed by atoms with Crippen LogP contribution in [0.1, 0.15) is 18.9 Å². The Hall–Kier alpha value is -1.44. The van der Waals surface area contributed by atoms with Crippen LogP contribution >= 0.6 is 0 Å². The molecule has 7 heteroatoms. The molecule has 5 N–H and O–H groups in total. The molecule has 0 spiro atoms. The smallest absolute Gasteiger partial charge is 0.238 e. The van der Waals surface area contributed by atoms with Gasteiger partial charge in [-0.25, -0.2) is 13.6 Å². The lowest BCUT2D eigenvalue weighted by Crippen LogP contribution is -2.35. The number of hydrogen-bond acceptors (Lipinski definition) is 4. The third-order valence-corrected chi connectivity index (χ3v) is 4.04. The Bertz CT molecular complexity index is 536. The number of benzene rings is 1. The molecule has 0 aromatic heterocycles. The average molecular weight is 299 g/mol. The number of hydrogen-bond donors (Lipinski definition) is 3. The summed E-state index contributed by atoms with van der Waals surface area (Å²) in [6.07, 6.45) is 1.34. The Labute approximate surface area is 119 Å². The molecule has 0 saturated carbocycles. The van der Waals surface area contributed by atoms with Crippen molar-refractivity contribution in [1.29, 1.82) is 0 Å². The zero-order valence-corrected chi connectivity index (χ0v) is 12.3. The van der Waals surface area contributed by atoms with E-state index in [2.05, 4.69) is 5.32 Å². The lowest BCUT2D eigenvalue weighted by atomic mass is 10.1. The van der Waals surface area contributed by atoms with Gasteiger partial charge in [0.1, 0.15) is 0 Å². The third-order valence-electron chi connectivity index (χ3n) is 3.11. The van der Waals surface area contributed by atoms with Crippen LogP contribution in [0.5, 0.6) is 0 Å². The summed E-state index contributed by atoms with van der Waals surface area (Å²) < 4.78 is 22.2. The number of nitrogens with one attached hydrogen (secondary N) is 1. The Kier molecular flexibility index (Phi) is 6.12. The van der Waals surface area contributed by atoms with Gasteiger partial charge in [-0.2, -0.15) is 0 Å². The zero-order chi connectivity index (χ0) is 15.2. The van der Waals surface area contributed by atoms with E-state index < -0.39 is 10.0 Å². The highest BCUT2D eigenvalue weighted by molar-refractivity contribution is 7.89. The second kappa shape index (κ2) is 7.37. The number of amides is 1. The van der Waals surface area contributed by atoms with Gasteiger partial charge in [0.2, 0.25) is 15.9 Å². The molecular weight excluding hydrogens is 278 g/mol. The van der Waals surface area contributed by atoms with Crippen molar-refractivity contribution in [3.63, 3.8) is 0 Å². The molecule has 0 saturated heterocycles. The van der Waals surface area contributed by atoms with Gasteiger partial charge < -0.3 is 11.1 Å². The lowest BCUT2D eigenvalue weighted by Gasteiger charge is -2.12. The first-order valence-electron chi connectivity index (χ1n) is 6.48. The molecule has 0 heterocycles. The van der Waals surface area contributed by atoms with Crippen molar-refractivity contribution in [2.75, 3.05) is 13.1 Å². The molecule has 112 valence electrons. The summed E-state index contributed by atoms with van der Waals surface area (Å²) in [5.41, 5.74) is 6.42. The molecule has 1 rings (SSSR count). The molecule has 20 heavy (non-hydrogen) atoms. The number of sulfonamides is 1. The maximum Gasteiger partial charge on any atom is 0.238 e. The van der Waals surface area contributed by atoms with Crippen LogP contribution in [0.25, 0.3) is 0 Å². The SMILES string of the molecule is CCC(CN)C(=O)NCCc1ccc(S(N)(=O)=O)cc1. The van der Waals surface area contributed by atoms with Crippen molar-refractivity contribution in [2.24, 2.45) is 16.8 Å². The highest BCUT2D eigenvalue weighted by Gasteiger charge is 2.13. The second-order valence-electron chi connectivity index (χ2n) is 4.57. The first kappa shape index (κ1) is 16.6. The van der Waals surface area contributed by atoms with Crippen LogP contribution in [0, 0.1) is 5.92 Å².